The van der Waals surface area contributed by atoms with E-state index in [1.54, 1.807) is 12.1 Å². The second-order valence-electron chi connectivity index (χ2n) is 7.52. The van der Waals surface area contributed by atoms with E-state index in [1.165, 1.54) is 6.07 Å². The van der Waals surface area contributed by atoms with E-state index < -0.39 is 23.5 Å². The Labute approximate surface area is 172 Å². The maximum Gasteiger partial charge on any atom is 0.336 e. The lowest BCUT2D eigenvalue weighted by Crippen LogP contribution is -2.42. The largest absolute Gasteiger partial charge is 0.423 e. The topological polar surface area (TPSA) is 87.9 Å². The Morgan fingerprint density at radius 3 is 2.41 bits per heavy atom. The van der Waals surface area contributed by atoms with Gasteiger partial charge in [0.05, 0.1) is 6.54 Å². The molecule has 2 heterocycles. The second kappa shape index (κ2) is 7.63. The summed E-state index contributed by atoms with van der Waals surface area (Å²) >= 11 is 6.31. The van der Waals surface area contributed by atoms with Crippen LogP contribution in [0.4, 0.5) is 4.79 Å². The number of urea groups is 1. The predicted molar refractivity (Wildman–Crippen MR) is 107 cm³/mol. The molecule has 8 heteroatoms. The van der Waals surface area contributed by atoms with Crippen LogP contribution in [0.15, 0.2) is 27.4 Å². The first kappa shape index (κ1) is 19.6. The van der Waals surface area contributed by atoms with E-state index >= 15 is 0 Å². The molecule has 0 unspecified atom stereocenters. The Hall–Kier alpha value is -2.67. The molecule has 0 radical (unpaired) electrons. The van der Waals surface area contributed by atoms with Gasteiger partial charge in [0, 0.05) is 22.5 Å². The fraction of sp³-hybridized carbons (Fsp3) is 0.429. The number of amides is 4. The van der Waals surface area contributed by atoms with Gasteiger partial charge in [-0.3, -0.25) is 19.4 Å². The van der Waals surface area contributed by atoms with Crippen molar-refractivity contribution >= 4 is 40.4 Å². The Bertz CT molecular complexity index is 1070. The van der Waals surface area contributed by atoms with Crippen molar-refractivity contribution in [3.05, 3.63) is 44.8 Å². The standard InChI is InChI=1S/C21H21ClN2O5/c1-2-12-8-17-15(10-16(12)22)13(9-18(25)29-17)11-23-19(26)20(27)24(21(23)28)14-6-4-3-5-7-14/h8-10,14H,2-7,11H2,1H3. The van der Waals surface area contributed by atoms with Crippen molar-refractivity contribution in [3.8, 4) is 0 Å². The van der Waals surface area contributed by atoms with Crippen LogP contribution >= 0.6 is 11.6 Å². The number of hydrogen-bond acceptors (Lipinski definition) is 5. The molecule has 2 aromatic rings. The molecule has 2 aliphatic rings. The zero-order valence-electron chi connectivity index (χ0n) is 16.1. The highest BCUT2D eigenvalue weighted by atomic mass is 35.5. The first-order valence-electron chi connectivity index (χ1n) is 9.85. The van der Waals surface area contributed by atoms with Crippen LogP contribution in [-0.2, 0) is 22.6 Å². The number of nitrogens with zero attached hydrogens (tertiary/aromatic N) is 2. The minimum Gasteiger partial charge on any atom is -0.423 e. The van der Waals surface area contributed by atoms with Crippen LogP contribution in [0.5, 0.6) is 0 Å². The van der Waals surface area contributed by atoms with E-state index in [0.717, 1.165) is 34.6 Å². The average molecular weight is 417 g/mol. The summed E-state index contributed by atoms with van der Waals surface area (Å²) in [6, 6.07) is 3.73. The summed E-state index contributed by atoms with van der Waals surface area (Å²) in [5.41, 5.74) is 0.988. The zero-order chi connectivity index (χ0) is 20.7. The van der Waals surface area contributed by atoms with Gasteiger partial charge in [0.25, 0.3) is 0 Å². The lowest BCUT2D eigenvalue weighted by Gasteiger charge is -2.28. The molecule has 1 aromatic heterocycles. The fourth-order valence-electron chi connectivity index (χ4n) is 4.18. The number of fused-ring (bicyclic) bond motifs is 1. The Morgan fingerprint density at radius 2 is 1.72 bits per heavy atom. The highest BCUT2D eigenvalue weighted by Gasteiger charge is 2.47. The molecule has 1 saturated carbocycles. The minimum atomic E-state index is -0.863. The van der Waals surface area contributed by atoms with Crippen LogP contribution in [0.25, 0.3) is 11.0 Å². The molecule has 29 heavy (non-hydrogen) atoms. The maximum absolute atomic E-state index is 12.9. The lowest BCUT2D eigenvalue weighted by molar-refractivity contribution is -0.144. The summed E-state index contributed by atoms with van der Waals surface area (Å²) in [6.45, 7) is 1.75. The van der Waals surface area contributed by atoms with Crippen molar-refractivity contribution in [3.63, 3.8) is 0 Å². The van der Waals surface area contributed by atoms with Crippen LogP contribution in [0.1, 0.15) is 50.2 Å². The molecule has 7 nitrogen and oxygen atoms in total. The van der Waals surface area contributed by atoms with Crippen molar-refractivity contribution in [1.29, 1.82) is 0 Å². The van der Waals surface area contributed by atoms with E-state index in [2.05, 4.69) is 0 Å². The fourth-order valence-corrected chi connectivity index (χ4v) is 4.48. The number of benzene rings is 1. The molecule has 1 aliphatic heterocycles. The highest BCUT2D eigenvalue weighted by molar-refractivity contribution is 6.44. The Morgan fingerprint density at radius 1 is 1.00 bits per heavy atom. The molecule has 1 aromatic carbocycles. The van der Waals surface area contributed by atoms with E-state index in [-0.39, 0.29) is 12.6 Å². The van der Waals surface area contributed by atoms with Gasteiger partial charge in [0.1, 0.15) is 5.58 Å². The number of aryl methyl sites for hydroxylation is 1. The number of carbonyl (C=O) groups excluding carboxylic acids is 3. The summed E-state index contributed by atoms with van der Waals surface area (Å²) in [5.74, 6) is -1.65. The van der Waals surface area contributed by atoms with Crippen molar-refractivity contribution < 1.29 is 18.8 Å². The van der Waals surface area contributed by atoms with Gasteiger partial charge < -0.3 is 4.42 Å². The van der Waals surface area contributed by atoms with Crippen molar-refractivity contribution in [2.75, 3.05) is 0 Å². The van der Waals surface area contributed by atoms with Gasteiger partial charge in [-0.15, -0.1) is 0 Å². The van der Waals surface area contributed by atoms with E-state index in [4.69, 9.17) is 16.0 Å². The molecule has 4 amide bonds. The van der Waals surface area contributed by atoms with Gasteiger partial charge in [-0.1, -0.05) is 37.8 Å². The Balaban J connectivity index is 1.70. The number of hydrogen-bond donors (Lipinski definition) is 0. The van der Waals surface area contributed by atoms with Crippen LogP contribution in [0.3, 0.4) is 0 Å². The summed E-state index contributed by atoms with van der Waals surface area (Å²) in [6.07, 6.45) is 5.02. The van der Waals surface area contributed by atoms with Gasteiger partial charge in [-0.05, 0) is 42.5 Å². The smallest absolute Gasteiger partial charge is 0.336 e. The van der Waals surface area contributed by atoms with Crippen LogP contribution in [0.2, 0.25) is 5.02 Å². The van der Waals surface area contributed by atoms with Crippen molar-refractivity contribution in [2.45, 2.75) is 58.0 Å². The zero-order valence-corrected chi connectivity index (χ0v) is 16.8. The number of carbonyl (C=O) groups is 3. The molecule has 0 N–H and O–H groups in total. The van der Waals surface area contributed by atoms with E-state index in [1.807, 2.05) is 6.92 Å². The third-order valence-electron chi connectivity index (χ3n) is 5.73. The van der Waals surface area contributed by atoms with Gasteiger partial charge in [0.15, 0.2) is 0 Å². The molecule has 0 atom stereocenters. The summed E-state index contributed by atoms with van der Waals surface area (Å²) in [5, 5.41) is 1.05. The molecule has 1 saturated heterocycles. The summed E-state index contributed by atoms with van der Waals surface area (Å²) < 4.78 is 5.28. The van der Waals surface area contributed by atoms with Gasteiger partial charge in [-0.2, -0.15) is 0 Å². The van der Waals surface area contributed by atoms with Crippen molar-refractivity contribution in [1.82, 2.24) is 9.80 Å². The number of halogens is 1. The lowest BCUT2D eigenvalue weighted by atomic mass is 9.94. The molecule has 2 fully saturated rings. The van der Waals surface area contributed by atoms with Crippen LogP contribution in [0, 0.1) is 0 Å². The molecule has 0 spiro atoms. The van der Waals surface area contributed by atoms with Crippen LogP contribution in [-0.4, -0.2) is 33.7 Å². The highest BCUT2D eigenvalue weighted by Crippen LogP contribution is 2.30. The summed E-state index contributed by atoms with van der Waals surface area (Å²) in [7, 11) is 0. The molecular weight excluding hydrogens is 396 g/mol. The minimum absolute atomic E-state index is 0.184. The molecular formula is C21H21ClN2O5. The average Bonchev–Trinajstić information content (AvgIpc) is 2.92. The quantitative estimate of drug-likeness (QED) is 0.431. The maximum atomic E-state index is 12.9. The molecule has 4 rings (SSSR count). The van der Waals surface area contributed by atoms with Crippen molar-refractivity contribution in [2.24, 2.45) is 0 Å². The predicted octanol–water partition coefficient (Wildman–Crippen LogP) is 3.63. The monoisotopic (exact) mass is 416 g/mol. The Kier molecular flexibility index (Phi) is 5.17. The third-order valence-corrected chi connectivity index (χ3v) is 6.08. The van der Waals surface area contributed by atoms with Gasteiger partial charge >= 0.3 is 23.5 Å². The molecule has 152 valence electrons. The van der Waals surface area contributed by atoms with Crippen LogP contribution < -0.4 is 5.63 Å². The third kappa shape index (κ3) is 3.44. The van der Waals surface area contributed by atoms with E-state index in [9.17, 15) is 19.2 Å². The summed E-state index contributed by atoms with van der Waals surface area (Å²) in [4.78, 5) is 52.0. The van der Waals surface area contributed by atoms with Gasteiger partial charge in [0.2, 0.25) is 0 Å². The first-order valence-corrected chi connectivity index (χ1v) is 10.2. The van der Waals surface area contributed by atoms with E-state index in [0.29, 0.717) is 40.8 Å². The molecule has 1 aliphatic carbocycles. The number of rotatable bonds is 4. The number of imide groups is 2. The molecule has 0 bridgehead atoms. The second-order valence-corrected chi connectivity index (χ2v) is 7.93. The SMILES string of the molecule is CCc1cc2oc(=O)cc(CN3C(=O)C(=O)N(C4CCCCC4)C3=O)c2cc1Cl. The first-order chi connectivity index (χ1) is 13.9. The normalized spacial score (nSPS) is 18.3. The van der Waals surface area contributed by atoms with Gasteiger partial charge in [-0.25, -0.2) is 9.59 Å².